The SMILES string of the molecule is CCc1ccc(N2C(=O)C(=O)/C(=C(\O)c3ccccc3)C2c2cc(OC)ccc2OC)cc1. The minimum absolute atomic E-state index is 0.00248. The summed E-state index contributed by atoms with van der Waals surface area (Å²) in [7, 11) is 3.06. The summed E-state index contributed by atoms with van der Waals surface area (Å²) in [6.07, 6.45) is 0.847. The number of carbonyl (C=O) groups excluding carboxylic acids is 2. The fraction of sp³-hybridized carbons (Fsp3) is 0.185. The average Bonchev–Trinajstić information content (AvgIpc) is 3.13. The van der Waals surface area contributed by atoms with Gasteiger partial charge in [-0.2, -0.15) is 0 Å². The van der Waals surface area contributed by atoms with Crippen LogP contribution in [0.15, 0.2) is 78.4 Å². The summed E-state index contributed by atoms with van der Waals surface area (Å²) >= 11 is 0. The molecule has 168 valence electrons. The summed E-state index contributed by atoms with van der Waals surface area (Å²) in [5.74, 6) is -0.705. The van der Waals surface area contributed by atoms with Crippen molar-refractivity contribution in [3.05, 3.63) is 95.1 Å². The van der Waals surface area contributed by atoms with E-state index in [4.69, 9.17) is 9.47 Å². The van der Waals surface area contributed by atoms with E-state index in [2.05, 4.69) is 0 Å². The van der Waals surface area contributed by atoms with Gasteiger partial charge >= 0.3 is 0 Å². The lowest BCUT2D eigenvalue weighted by molar-refractivity contribution is -0.132. The van der Waals surface area contributed by atoms with Gasteiger partial charge in [0.1, 0.15) is 17.3 Å². The molecule has 33 heavy (non-hydrogen) atoms. The highest BCUT2D eigenvalue weighted by atomic mass is 16.5. The van der Waals surface area contributed by atoms with Crippen LogP contribution in [0.25, 0.3) is 5.76 Å². The molecule has 1 atom stereocenters. The zero-order chi connectivity index (χ0) is 23.5. The highest BCUT2D eigenvalue weighted by Gasteiger charge is 2.48. The number of amides is 1. The first-order valence-electron chi connectivity index (χ1n) is 10.7. The molecule has 1 aliphatic rings. The van der Waals surface area contributed by atoms with Gasteiger partial charge in [-0.3, -0.25) is 14.5 Å². The van der Waals surface area contributed by atoms with Gasteiger partial charge in [-0.15, -0.1) is 0 Å². The maximum absolute atomic E-state index is 13.3. The third-order valence-corrected chi connectivity index (χ3v) is 5.85. The number of Topliss-reactive ketones (excluding diaryl/α,β-unsaturated/α-hetero) is 1. The van der Waals surface area contributed by atoms with Gasteiger partial charge in [0.05, 0.1) is 25.8 Å². The lowest BCUT2D eigenvalue weighted by Gasteiger charge is -2.27. The number of benzene rings is 3. The number of aliphatic hydroxyl groups excluding tert-OH is 1. The van der Waals surface area contributed by atoms with Crippen molar-refractivity contribution in [1.82, 2.24) is 0 Å². The number of nitrogens with zero attached hydrogens (tertiary/aromatic N) is 1. The predicted molar refractivity (Wildman–Crippen MR) is 127 cm³/mol. The molecule has 1 saturated heterocycles. The van der Waals surface area contributed by atoms with Crippen LogP contribution in [-0.2, 0) is 16.0 Å². The van der Waals surface area contributed by atoms with Crippen molar-refractivity contribution in [2.24, 2.45) is 0 Å². The number of anilines is 1. The van der Waals surface area contributed by atoms with E-state index in [-0.39, 0.29) is 11.3 Å². The Hall–Kier alpha value is -4.06. The zero-order valence-electron chi connectivity index (χ0n) is 18.7. The largest absolute Gasteiger partial charge is 0.507 e. The second kappa shape index (κ2) is 9.20. The highest BCUT2D eigenvalue weighted by Crippen LogP contribution is 2.45. The first-order valence-corrected chi connectivity index (χ1v) is 10.7. The molecule has 1 aliphatic heterocycles. The lowest BCUT2D eigenvalue weighted by Crippen LogP contribution is -2.29. The van der Waals surface area contributed by atoms with Crippen LogP contribution in [0.2, 0.25) is 0 Å². The number of aryl methyl sites for hydroxylation is 1. The summed E-state index contributed by atoms with van der Waals surface area (Å²) in [5.41, 5.74) is 2.64. The van der Waals surface area contributed by atoms with Crippen molar-refractivity contribution in [3.8, 4) is 11.5 Å². The van der Waals surface area contributed by atoms with Crippen LogP contribution in [-0.4, -0.2) is 31.0 Å². The maximum atomic E-state index is 13.3. The third kappa shape index (κ3) is 3.96. The third-order valence-electron chi connectivity index (χ3n) is 5.85. The van der Waals surface area contributed by atoms with Gasteiger partial charge in [-0.1, -0.05) is 49.4 Å². The van der Waals surface area contributed by atoms with Gasteiger partial charge in [0.2, 0.25) is 0 Å². The molecule has 1 amide bonds. The fourth-order valence-corrected chi connectivity index (χ4v) is 4.09. The molecule has 0 bridgehead atoms. The molecule has 4 rings (SSSR count). The molecule has 3 aromatic rings. The Morgan fingerprint density at radius 3 is 2.24 bits per heavy atom. The summed E-state index contributed by atoms with van der Waals surface area (Å²) in [6, 6.07) is 20.5. The van der Waals surface area contributed by atoms with Crippen LogP contribution >= 0.6 is 0 Å². The molecule has 0 radical (unpaired) electrons. The molecule has 1 fully saturated rings. The summed E-state index contributed by atoms with van der Waals surface area (Å²) < 4.78 is 11.0. The van der Waals surface area contributed by atoms with Gasteiger partial charge in [0, 0.05) is 16.8 Å². The monoisotopic (exact) mass is 443 g/mol. The van der Waals surface area contributed by atoms with Crippen molar-refractivity contribution >= 4 is 23.1 Å². The minimum atomic E-state index is -0.900. The number of aliphatic hydroxyl groups is 1. The second-order valence-corrected chi connectivity index (χ2v) is 7.66. The van der Waals surface area contributed by atoms with Gasteiger partial charge in [0.15, 0.2) is 0 Å². The van der Waals surface area contributed by atoms with E-state index in [0.29, 0.717) is 28.3 Å². The topological polar surface area (TPSA) is 76.1 Å². The number of hydrogen-bond donors (Lipinski definition) is 1. The highest BCUT2D eigenvalue weighted by molar-refractivity contribution is 6.51. The van der Waals surface area contributed by atoms with E-state index in [0.717, 1.165) is 12.0 Å². The summed E-state index contributed by atoms with van der Waals surface area (Å²) in [6.45, 7) is 2.04. The molecule has 6 nitrogen and oxygen atoms in total. The average molecular weight is 443 g/mol. The molecule has 1 heterocycles. The van der Waals surface area contributed by atoms with Crippen molar-refractivity contribution in [2.75, 3.05) is 19.1 Å². The number of ketones is 1. The Balaban J connectivity index is 1.99. The Morgan fingerprint density at radius 1 is 0.939 bits per heavy atom. The van der Waals surface area contributed by atoms with Gasteiger partial charge in [-0.05, 0) is 42.3 Å². The molecule has 1 N–H and O–H groups in total. The number of methoxy groups -OCH3 is 2. The lowest BCUT2D eigenvalue weighted by atomic mass is 9.94. The van der Waals surface area contributed by atoms with E-state index >= 15 is 0 Å². The van der Waals surface area contributed by atoms with Crippen LogP contribution < -0.4 is 14.4 Å². The number of carbonyl (C=O) groups is 2. The quantitative estimate of drug-likeness (QED) is 0.333. The molecule has 0 spiro atoms. The smallest absolute Gasteiger partial charge is 0.300 e. The van der Waals surface area contributed by atoms with E-state index < -0.39 is 17.7 Å². The van der Waals surface area contributed by atoms with Crippen LogP contribution in [0, 0.1) is 0 Å². The molecule has 1 unspecified atom stereocenters. The first-order chi connectivity index (χ1) is 16.0. The summed E-state index contributed by atoms with van der Waals surface area (Å²) in [5, 5.41) is 11.2. The Labute approximate surface area is 192 Å². The molecule has 0 aromatic heterocycles. The fourth-order valence-electron chi connectivity index (χ4n) is 4.09. The molecule has 3 aromatic carbocycles. The maximum Gasteiger partial charge on any atom is 0.300 e. The van der Waals surface area contributed by atoms with Gasteiger partial charge in [0.25, 0.3) is 11.7 Å². The van der Waals surface area contributed by atoms with Crippen LogP contribution in [0.5, 0.6) is 11.5 Å². The number of rotatable bonds is 6. The van der Waals surface area contributed by atoms with Crippen LogP contribution in [0.1, 0.15) is 29.7 Å². The van der Waals surface area contributed by atoms with Gasteiger partial charge < -0.3 is 14.6 Å². The number of hydrogen-bond acceptors (Lipinski definition) is 5. The van der Waals surface area contributed by atoms with Crippen LogP contribution in [0.4, 0.5) is 5.69 Å². The molecule has 0 aliphatic carbocycles. The molecular weight excluding hydrogens is 418 g/mol. The standard InChI is InChI=1S/C27H25NO5/c1-4-17-10-12-19(13-11-17)28-24(21-16-20(32-2)14-15-22(21)33-3)23(26(30)27(28)31)25(29)18-8-6-5-7-9-18/h5-16,24,29H,4H2,1-3H3/b25-23-. The number of ether oxygens (including phenoxy) is 2. The Bertz CT molecular complexity index is 1220. The normalized spacial score (nSPS) is 17.3. The summed E-state index contributed by atoms with van der Waals surface area (Å²) in [4.78, 5) is 28.0. The van der Waals surface area contributed by atoms with Crippen molar-refractivity contribution in [3.63, 3.8) is 0 Å². The van der Waals surface area contributed by atoms with E-state index in [9.17, 15) is 14.7 Å². The van der Waals surface area contributed by atoms with Crippen molar-refractivity contribution in [1.29, 1.82) is 0 Å². The van der Waals surface area contributed by atoms with E-state index in [1.807, 2.05) is 37.3 Å². The zero-order valence-corrected chi connectivity index (χ0v) is 18.7. The molecule has 0 saturated carbocycles. The van der Waals surface area contributed by atoms with E-state index in [1.54, 1.807) is 42.5 Å². The predicted octanol–water partition coefficient (Wildman–Crippen LogP) is 4.89. The van der Waals surface area contributed by atoms with E-state index in [1.165, 1.54) is 19.1 Å². The Kier molecular flexibility index (Phi) is 6.18. The molecular formula is C27H25NO5. The minimum Gasteiger partial charge on any atom is -0.507 e. The van der Waals surface area contributed by atoms with Crippen molar-refractivity contribution in [2.45, 2.75) is 19.4 Å². The Morgan fingerprint density at radius 2 is 1.64 bits per heavy atom. The second-order valence-electron chi connectivity index (χ2n) is 7.66. The van der Waals surface area contributed by atoms with Crippen LogP contribution in [0.3, 0.4) is 0 Å². The molecule has 6 heteroatoms. The first kappa shape index (κ1) is 22.1. The van der Waals surface area contributed by atoms with Crippen molar-refractivity contribution < 1.29 is 24.2 Å². The van der Waals surface area contributed by atoms with Gasteiger partial charge in [-0.25, -0.2) is 0 Å².